The molecule has 0 bridgehead atoms. The van der Waals surface area contributed by atoms with Crippen molar-refractivity contribution in [3.63, 3.8) is 0 Å². The third-order valence-electron chi connectivity index (χ3n) is 2.47. The van der Waals surface area contributed by atoms with Gasteiger partial charge in [-0.2, -0.15) is 0 Å². The Hall–Kier alpha value is -1.88. The Morgan fingerprint density at radius 3 is 3.00 bits per heavy atom. The van der Waals surface area contributed by atoms with Crippen LogP contribution < -0.4 is 5.32 Å². The molecule has 2 rings (SSSR count). The van der Waals surface area contributed by atoms with E-state index in [2.05, 4.69) is 16.6 Å². The van der Waals surface area contributed by atoms with Gasteiger partial charge in [0.15, 0.2) is 0 Å². The summed E-state index contributed by atoms with van der Waals surface area (Å²) >= 11 is 1.50. The zero-order chi connectivity index (χ0) is 12.4. The standard InChI is InChI=1S/C12H11NO3S/c1-7-10(12(15)16-2)9(11(14)13-7)6-8-4-3-5-17-8/h3-6,10H,1H2,2H3,(H,13,14)/b9-6+/t10-/m0/s1. The van der Waals surface area contributed by atoms with Crippen LogP contribution in [0.4, 0.5) is 0 Å². The van der Waals surface area contributed by atoms with Crippen LogP contribution in [0.3, 0.4) is 0 Å². The summed E-state index contributed by atoms with van der Waals surface area (Å²) in [5, 5.41) is 4.45. The van der Waals surface area contributed by atoms with Crippen LogP contribution in [0.2, 0.25) is 0 Å². The summed E-state index contributed by atoms with van der Waals surface area (Å²) in [7, 11) is 1.29. The molecular formula is C12H11NO3S. The molecular weight excluding hydrogens is 238 g/mol. The largest absolute Gasteiger partial charge is 0.468 e. The van der Waals surface area contributed by atoms with E-state index in [1.165, 1.54) is 18.4 Å². The molecule has 0 radical (unpaired) electrons. The van der Waals surface area contributed by atoms with E-state index >= 15 is 0 Å². The monoisotopic (exact) mass is 249 g/mol. The fourth-order valence-corrected chi connectivity index (χ4v) is 2.34. The molecule has 1 aliphatic rings. The quantitative estimate of drug-likeness (QED) is 0.639. The number of carbonyl (C=O) groups excluding carboxylic acids is 2. The topological polar surface area (TPSA) is 55.4 Å². The highest BCUT2D eigenvalue weighted by Gasteiger charge is 2.37. The molecule has 0 unspecified atom stereocenters. The van der Waals surface area contributed by atoms with Gasteiger partial charge < -0.3 is 10.1 Å². The fraction of sp³-hybridized carbons (Fsp3) is 0.167. The summed E-state index contributed by atoms with van der Waals surface area (Å²) in [5.41, 5.74) is 0.744. The third-order valence-corrected chi connectivity index (χ3v) is 3.29. The molecule has 1 aliphatic heterocycles. The van der Waals surface area contributed by atoms with E-state index in [0.29, 0.717) is 11.3 Å². The second-order valence-corrected chi connectivity index (χ2v) is 4.53. The smallest absolute Gasteiger partial charge is 0.319 e. The average Bonchev–Trinajstić information content (AvgIpc) is 2.88. The van der Waals surface area contributed by atoms with Crippen molar-refractivity contribution in [3.05, 3.63) is 40.2 Å². The molecule has 0 aromatic carbocycles. The van der Waals surface area contributed by atoms with Crippen molar-refractivity contribution in [1.82, 2.24) is 5.32 Å². The number of hydrogen-bond donors (Lipinski definition) is 1. The van der Waals surface area contributed by atoms with Crippen molar-refractivity contribution in [2.45, 2.75) is 0 Å². The minimum Gasteiger partial charge on any atom is -0.468 e. The molecule has 0 saturated carbocycles. The molecule has 0 spiro atoms. The summed E-state index contributed by atoms with van der Waals surface area (Å²) in [6.45, 7) is 3.66. The molecule has 0 aliphatic carbocycles. The SMILES string of the molecule is C=C1NC(=O)/C(=C/c2cccs2)[C@H]1C(=O)OC. The molecule has 1 amide bonds. The molecule has 1 aromatic heterocycles. The van der Waals surface area contributed by atoms with Gasteiger partial charge in [-0.3, -0.25) is 9.59 Å². The lowest BCUT2D eigenvalue weighted by molar-refractivity contribution is -0.142. The molecule has 5 heteroatoms. The Morgan fingerprint density at radius 1 is 1.65 bits per heavy atom. The van der Waals surface area contributed by atoms with E-state index in [9.17, 15) is 9.59 Å². The van der Waals surface area contributed by atoms with E-state index in [1.54, 1.807) is 6.08 Å². The van der Waals surface area contributed by atoms with Crippen molar-refractivity contribution in [2.24, 2.45) is 5.92 Å². The Balaban J connectivity index is 2.39. The molecule has 88 valence electrons. The number of carbonyl (C=O) groups is 2. The molecule has 1 atom stereocenters. The van der Waals surface area contributed by atoms with Crippen LogP contribution in [0.15, 0.2) is 35.4 Å². The number of ether oxygens (including phenoxy) is 1. The number of thiophene rings is 1. The molecule has 1 aromatic rings. The highest BCUT2D eigenvalue weighted by molar-refractivity contribution is 7.10. The van der Waals surface area contributed by atoms with E-state index in [-0.39, 0.29) is 5.91 Å². The summed E-state index contributed by atoms with van der Waals surface area (Å²) < 4.78 is 4.67. The second-order valence-electron chi connectivity index (χ2n) is 3.55. The minimum atomic E-state index is -0.713. The van der Waals surface area contributed by atoms with Crippen LogP contribution in [0.25, 0.3) is 6.08 Å². The van der Waals surface area contributed by atoms with Crippen molar-refractivity contribution in [2.75, 3.05) is 7.11 Å². The van der Waals surface area contributed by atoms with Crippen LogP contribution in [0, 0.1) is 5.92 Å². The van der Waals surface area contributed by atoms with E-state index in [0.717, 1.165) is 4.88 Å². The normalized spacial score (nSPS) is 21.7. The average molecular weight is 249 g/mol. The molecule has 2 heterocycles. The van der Waals surface area contributed by atoms with Crippen LogP contribution in [-0.4, -0.2) is 19.0 Å². The van der Waals surface area contributed by atoms with Crippen molar-refractivity contribution >= 4 is 29.3 Å². The molecule has 4 nitrogen and oxygen atoms in total. The van der Waals surface area contributed by atoms with Crippen LogP contribution in [-0.2, 0) is 14.3 Å². The van der Waals surface area contributed by atoms with Gasteiger partial charge in [-0.25, -0.2) is 0 Å². The first-order valence-electron chi connectivity index (χ1n) is 4.96. The van der Waals surface area contributed by atoms with Gasteiger partial charge in [-0.1, -0.05) is 12.6 Å². The first kappa shape index (κ1) is 11.6. The van der Waals surface area contributed by atoms with Gasteiger partial charge in [0.1, 0.15) is 5.92 Å². The van der Waals surface area contributed by atoms with Crippen LogP contribution in [0.1, 0.15) is 4.88 Å². The summed E-state index contributed by atoms with van der Waals surface area (Å²) in [5.74, 6) is -1.48. The number of methoxy groups -OCH3 is 1. The predicted molar refractivity (Wildman–Crippen MR) is 65.1 cm³/mol. The van der Waals surface area contributed by atoms with Crippen molar-refractivity contribution < 1.29 is 14.3 Å². The maximum Gasteiger partial charge on any atom is 0.319 e. The van der Waals surface area contributed by atoms with Crippen molar-refractivity contribution in [3.8, 4) is 0 Å². The predicted octanol–water partition coefficient (Wildman–Crippen LogP) is 1.56. The van der Waals surface area contributed by atoms with Gasteiger partial charge in [0.25, 0.3) is 5.91 Å². The molecule has 1 saturated heterocycles. The summed E-state index contributed by atoms with van der Waals surface area (Å²) in [4.78, 5) is 24.2. The Labute approximate surface area is 103 Å². The van der Waals surface area contributed by atoms with Gasteiger partial charge in [-0.15, -0.1) is 11.3 Å². The van der Waals surface area contributed by atoms with E-state index < -0.39 is 11.9 Å². The van der Waals surface area contributed by atoms with Gasteiger partial charge in [0, 0.05) is 16.1 Å². The lowest BCUT2D eigenvalue weighted by Crippen LogP contribution is -2.17. The maximum atomic E-state index is 11.7. The van der Waals surface area contributed by atoms with Gasteiger partial charge in [-0.05, 0) is 17.5 Å². The first-order chi connectivity index (χ1) is 8.13. The number of esters is 1. The van der Waals surface area contributed by atoms with Crippen LogP contribution >= 0.6 is 11.3 Å². The van der Waals surface area contributed by atoms with E-state index in [1.807, 2.05) is 17.5 Å². The second kappa shape index (κ2) is 4.55. The number of rotatable bonds is 2. The summed E-state index contributed by atoms with van der Waals surface area (Å²) in [6, 6.07) is 3.76. The minimum absolute atomic E-state index is 0.293. The summed E-state index contributed by atoms with van der Waals surface area (Å²) in [6.07, 6.45) is 1.69. The fourth-order valence-electron chi connectivity index (χ4n) is 1.67. The third kappa shape index (κ3) is 2.14. The van der Waals surface area contributed by atoms with Crippen LogP contribution in [0.5, 0.6) is 0 Å². The lowest BCUT2D eigenvalue weighted by atomic mass is 9.99. The van der Waals surface area contributed by atoms with Crippen molar-refractivity contribution in [1.29, 1.82) is 0 Å². The maximum absolute atomic E-state index is 11.7. The van der Waals surface area contributed by atoms with Gasteiger partial charge in [0.2, 0.25) is 0 Å². The van der Waals surface area contributed by atoms with Gasteiger partial charge in [0.05, 0.1) is 7.11 Å². The lowest BCUT2D eigenvalue weighted by Gasteiger charge is -2.07. The molecule has 1 fully saturated rings. The Kier molecular flexibility index (Phi) is 3.10. The van der Waals surface area contributed by atoms with E-state index in [4.69, 9.17) is 0 Å². The number of nitrogens with one attached hydrogen (secondary N) is 1. The first-order valence-corrected chi connectivity index (χ1v) is 5.84. The molecule has 1 N–H and O–H groups in total. The zero-order valence-electron chi connectivity index (χ0n) is 9.23. The Morgan fingerprint density at radius 2 is 2.41 bits per heavy atom. The van der Waals surface area contributed by atoms with Gasteiger partial charge >= 0.3 is 5.97 Å². The zero-order valence-corrected chi connectivity index (χ0v) is 10.0. The number of amides is 1. The number of hydrogen-bond acceptors (Lipinski definition) is 4. The highest BCUT2D eigenvalue weighted by Crippen LogP contribution is 2.28. The Bertz CT molecular complexity index is 502. The highest BCUT2D eigenvalue weighted by atomic mass is 32.1. The molecule has 17 heavy (non-hydrogen) atoms.